The van der Waals surface area contributed by atoms with Crippen molar-refractivity contribution in [3.05, 3.63) is 41.9 Å². The molecule has 2 aromatic rings. The predicted molar refractivity (Wildman–Crippen MR) is 72.5 cm³/mol. The summed E-state index contributed by atoms with van der Waals surface area (Å²) >= 11 is 0. The van der Waals surface area contributed by atoms with Gasteiger partial charge in [0, 0.05) is 18.2 Å². The average Bonchev–Trinajstić information content (AvgIpc) is 2.93. The van der Waals surface area contributed by atoms with Gasteiger partial charge in [0.1, 0.15) is 11.5 Å². The van der Waals surface area contributed by atoms with Crippen LogP contribution in [0.5, 0.6) is 11.5 Å². The fourth-order valence-corrected chi connectivity index (χ4v) is 1.81. The highest BCUT2D eigenvalue weighted by Gasteiger charge is 2.14. The van der Waals surface area contributed by atoms with E-state index in [0.29, 0.717) is 29.3 Å². The number of carboxylic acid groups (broad SMARTS) is 1. The van der Waals surface area contributed by atoms with Gasteiger partial charge in [-0.25, -0.2) is 4.79 Å². The lowest BCUT2D eigenvalue weighted by Gasteiger charge is -2.12. The molecular formula is C14H15NO5. The van der Waals surface area contributed by atoms with Crippen LogP contribution in [-0.4, -0.2) is 25.3 Å². The number of hydrogen-bond donors (Lipinski definition) is 2. The summed E-state index contributed by atoms with van der Waals surface area (Å²) in [6.07, 6.45) is 1.35. The van der Waals surface area contributed by atoms with Crippen LogP contribution in [0.25, 0.3) is 0 Å². The summed E-state index contributed by atoms with van der Waals surface area (Å²) in [5, 5.41) is 12.1. The van der Waals surface area contributed by atoms with Crippen molar-refractivity contribution in [3.63, 3.8) is 0 Å². The number of ether oxygens (including phenoxy) is 2. The number of rotatable bonds is 6. The first-order chi connectivity index (χ1) is 9.65. The Labute approximate surface area is 115 Å². The Balaban J connectivity index is 2.17. The topological polar surface area (TPSA) is 80.9 Å². The minimum Gasteiger partial charge on any atom is -0.497 e. The van der Waals surface area contributed by atoms with Crippen molar-refractivity contribution < 1.29 is 23.8 Å². The Hall–Kier alpha value is -2.63. The Morgan fingerprint density at radius 1 is 1.30 bits per heavy atom. The van der Waals surface area contributed by atoms with Gasteiger partial charge in [-0.15, -0.1) is 0 Å². The first-order valence-electron chi connectivity index (χ1n) is 5.91. The molecule has 0 atom stereocenters. The number of nitrogens with one attached hydrogen (secondary N) is 1. The van der Waals surface area contributed by atoms with Gasteiger partial charge in [0.05, 0.1) is 26.2 Å². The van der Waals surface area contributed by atoms with Crippen LogP contribution in [0.1, 0.15) is 16.1 Å². The van der Waals surface area contributed by atoms with Crippen LogP contribution in [0.4, 0.5) is 5.69 Å². The van der Waals surface area contributed by atoms with Crippen LogP contribution in [0.3, 0.4) is 0 Å². The second-order valence-electron chi connectivity index (χ2n) is 4.00. The predicted octanol–water partition coefficient (Wildman–Crippen LogP) is 2.61. The quantitative estimate of drug-likeness (QED) is 0.844. The van der Waals surface area contributed by atoms with Crippen LogP contribution in [0, 0.1) is 0 Å². The van der Waals surface area contributed by atoms with Gasteiger partial charge in [0.15, 0.2) is 0 Å². The van der Waals surface area contributed by atoms with Gasteiger partial charge in [0.2, 0.25) is 5.76 Å². The third-order valence-electron chi connectivity index (χ3n) is 2.82. The minimum absolute atomic E-state index is 0.0700. The van der Waals surface area contributed by atoms with E-state index in [4.69, 9.17) is 19.0 Å². The molecule has 0 saturated carbocycles. The number of methoxy groups -OCH3 is 2. The molecule has 1 aromatic heterocycles. The van der Waals surface area contributed by atoms with Crippen molar-refractivity contribution in [2.45, 2.75) is 6.54 Å². The average molecular weight is 277 g/mol. The molecule has 20 heavy (non-hydrogen) atoms. The van der Waals surface area contributed by atoms with E-state index < -0.39 is 5.97 Å². The maximum absolute atomic E-state index is 11.0. The van der Waals surface area contributed by atoms with Gasteiger partial charge < -0.3 is 24.3 Å². The zero-order valence-corrected chi connectivity index (χ0v) is 11.2. The first-order valence-corrected chi connectivity index (χ1v) is 5.91. The number of benzene rings is 1. The fraction of sp³-hybridized carbons (Fsp3) is 0.214. The van der Waals surface area contributed by atoms with Gasteiger partial charge in [-0.05, 0) is 18.2 Å². The maximum atomic E-state index is 11.0. The fourth-order valence-electron chi connectivity index (χ4n) is 1.81. The van der Waals surface area contributed by atoms with Crippen molar-refractivity contribution >= 4 is 11.7 Å². The van der Waals surface area contributed by atoms with Gasteiger partial charge >= 0.3 is 5.97 Å². The van der Waals surface area contributed by atoms with Crippen LogP contribution < -0.4 is 14.8 Å². The SMILES string of the molecule is COc1ccc(OC)c(NCc2ccoc2C(=O)O)c1. The highest BCUT2D eigenvalue weighted by molar-refractivity contribution is 5.86. The number of hydrogen-bond acceptors (Lipinski definition) is 5. The van der Waals surface area contributed by atoms with E-state index >= 15 is 0 Å². The van der Waals surface area contributed by atoms with Crippen molar-refractivity contribution in [1.29, 1.82) is 0 Å². The molecule has 0 amide bonds. The molecule has 0 unspecified atom stereocenters. The highest BCUT2D eigenvalue weighted by Crippen LogP contribution is 2.29. The second-order valence-corrected chi connectivity index (χ2v) is 4.00. The van der Waals surface area contributed by atoms with E-state index in [9.17, 15) is 4.79 Å². The molecule has 0 fully saturated rings. The standard InChI is InChI=1S/C14H15NO5/c1-18-10-3-4-12(19-2)11(7-10)15-8-9-5-6-20-13(9)14(16)17/h3-7,15H,8H2,1-2H3,(H,16,17). The minimum atomic E-state index is -1.09. The van der Waals surface area contributed by atoms with Crippen molar-refractivity contribution in [2.24, 2.45) is 0 Å². The largest absolute Gasteiger partial charge is 0.497 e. The number of furan rings is 1. The zero-order chi connectivity index (χ0) is 14.5. The molecule has 0 aliphatic carbocycles. The summed E-state index contributed by atoms with van der Waals surface area (Å²) in [4.78, 5) is 11.0. The summed E-state index contributed by atoms with van der Waals surface area (Å²) < 4.78 is 15.3. The lowest BCUT2D eigenvalue weighted by Crippen LogP contribution is -2.05. The van der Waals surface area contributed by atoms with E-state index in [1.54, 1.807) is 38.5 Å². The molecule has 106 valence electrons. The van der Waals surface area contributed by atoms with Gasteiger partial charge in [-0.2, -0.15) is 0 Å². The molecular weight excluding hydrogens is 262 g/mol. The molecule has 0 bridgehead atoms. The summed E-state index contributed by atoms with van der Waals surface area (Å²) in [7, 11) is 3.14. The molecule has 0 aliphatic heterocycles. The number of carbonyl (C=O) groups is 1. The molecule has 2 N–H and O–H groups in total. The van der Waals surface area contributed by atoms with E-state index in [2.05, 4.69) is 5.32 Å². The summed E-state index contributed by atoms with van der Waals surface area (Å²) in [6.45, 7) is 0.307. The lowest BCUT2D eigenvalue weighted by atomic mass is 10.2. The molecule has 0 spiro atoms. The Morgan fingerprint density at radius 2 is 2.10 bits per heavy atom. The first kappa shape index (κ1) is 13.8. The van der Waals surface area contributed by atoms with Crippen molar-refractivity contribution in [1.82, 2.24) is 0 Å². The van der Waals surface area contributed by atoms with E-state index in [-0.39, 0.29) is 5.76 Å². The monoisotopic (exact) mass is 277 g/mol. The van der Waals surface area contributed by atoms with E-state index in [1.165, 1.54) is 6.26 Å². The van der Waals surface area contributed by atoms with Crippen molar-refractivity contribution in [3.8, 4) is 11.5 Å². The molecule has 0 radical (unpaired) electrons. The number of aromatic carboxylic acids is 1. The van der Waals surface area contributed by atoms with Crippen LogP contribution in [0.15, 0.2) is 34.9 Å². The normalized spacial score (nSPS) is 10.1. The number of carboxylic acids is 1. The molecule has 6 heteroatoms. The maximum Gasteiger partial charge on any atom is 0.372 e. The molecule has 1 aromatic carbocycles. The molecule has 6 nitrogen and oxygen atoms in total. The molecule has 2 rings (SSSR count). The molecule has 1 heterocycles. The Morgan fingerprint density at radius 3 is 2.75 bits per heavy atom. The van der Waals surface area contributed by atoms with Gasteiger partial charge in [-0.3, -0.25) is 0 Å². The summed E-state index contributed by atoms with van der Waals surface area (Å²) in [5.41, 5.74) is 1.27. The van der Waals surface area contributed by atoms with E-state index in [1.807, 2.05) is 0 Å². The Bertz CT molecular complexity index is 605. The van der Waals surface area contributed by atoms with Crippen LogP contribution in [-0.2, 0) is 6.54 Å². The summed E-state index contributed by atoms with van der Waals surface area (Å²) in [5.74, 6) is 0.161. The smallest absolute Gasteiger partial charge is 0.372 e. The van der Waals surface area contributed by atoms with E-state index in [0.717, 1.165) is 0 Å². The number of anilines is 1. The highest BCUT2D eigenvalue weighted by atomic mass is 16.5. The van der Waals surface area contributed by atoms with Crippen molar-refractivity contribution in [2.75, 3.05) is 19.5 Å². The third kappa shape index (κ3) is 2.85. The molecule has 0 aliphatic rings. The van der Waals surface area contributed by atoms with Crippen LogP contribution in [0.2, 0.25) is 0 Å². The lowest BCUT2D eigenvalue weighted by molar-refractivity contribution is 0.0661. The second kappa shape index (κ2) is 6.01. The Kier molecular flexibility index (Phi) is 4.14. The molecule has 0 saturated heterocycles. The van der Waals surface area contributed by atoms with Gasteiger partial charge in [-0.1, -0.05) is 0 Å². The third-order valence-corrected chi connectivity index (χ3v) is 2.82. The van der Waals surface area contributed by atoms with Crippen LogP contribution >= 0.6 is 0 Å². The van der Waals surface area contributed by atoms with Gasteiger partial charge in [0.25, 0.3) is 0 Å². The summed E-state index contributed by atoms with van der Waals surface area (Å²) in [6, 6.07) is 6.95. The zero-order valence-electron chi connectivity index (χ0n) is 11.2.